The van der Waals surface area contributed by atoms with Crippen LogP contribution < -0.4 is 10.1 Å². The number of hydrogen-bond donors (Lipinski definition) is 1. The summed E-state index contributed by atoms with van der Waals surface area (Å²) in [6.07, 6.45) is 1.35. The molecule has 3 rings (SSSR count). The average Bonchev–Trinajstić information content (AvgIpc) is 2.73. The Balaban J connectivity index is 1.48. The highest BCUT2D eigenvalue weighted by Crippen LogP contribution is 2.25. The highest BCUT2D eigenvalue weighted by atomic mass is 16.5. The molecule has 154 valence electrons. The zero-order chi connectivity index (χ0) is 20.8. The van der Waals surface area contributed by atoms with Crippen LogP contribution in [-0.2, 0) is 9.59 Å². The molecule has 0 aromatic heterocycles. The molecule has 0 saturated carbocycles. The number of hydrogen-bond acceptors (Lipinski definition) is 3. The van der Waals surface area contributed by atoms with Crippen LogP contribution in [0.15, 0.2) is 48.5 Å². The zero-order valence-corrected chi connectivity index (χ0v) is 17.5. The van der Waals surface area contributed by atoms with Gasteiger partial charge in [-0.25, -0.2) is 0 Å². The smallest absolute Gasteiger partial charge is 0.260 e. The van der Waals surface area contributed by atoms with Gasteiger partial charge >= 0.3 is 0 Å². The van der Waals surface area contributed by atoms with Gasteiger partial charge in [-0.15, -0.1) is 0 Å². The Morgan fingerprint density at radius 3 is 2.45 bits per heavy atom. The topological polar surface area (TPSA) is 58.6 Å². The molecule has 1 N–H and O–H groups in total. The third kappa shape index (κ3) is 5.59. The Morgan fingerprint density at radius 1 is 1.10 bits per heavy atom. The molecule has 2 aromatic carbocycles. The number of ether oxygens (including phenoxy) is 1. The Labute approximate surface area is 173 Å². The summed E-state index contributed by atoms with van der Waals surface area (Å²) in [4.78, 5) is 26.8. The van der Waals surface area contributed by atoms with E-state index >= 15 is 0 Å². The number of carbonyl (C=O) groups excluding carboxylic acids is 2. The lowest BCUT2D eigenvalue weighted by Crippen LogP contribution is -2.43. The molecule has 1 aliphatic rings. The molecule has 1 heterocycles. The lowest BCUT2D eigenvalue weighted by Gasteiger charge is -2.31. The first-order valence-electron chi connectivity index (χ1n) is 10.3. The largest absolute Gasteiger partial charge is 0.483 e. The van der Waals surface area contributed by atoms with E-state index in [4.69, 9.17) is 4.74 Å². The summed E-state index contributed by atoms with van der Waals surface area (Å²) in [5.74, 6) is 1.11. The van der Waals surface area contributed by atoms with E-state index in [-0.39, 0.29) is 24.3 Å². The molecule has 0 spiro atoms. The summed E-state index contributed by atoms with van der Waals surface area (Å²) < 4.78 is 5.83. The van der Waals surface area contributed by atoms with Crippen LogP contribution in [0.1, 0.15) is 43.7 Å². The fourth-order valence-electron chi connectivity index (χ4n) is 3.52. The summed E-state index contributed by atoms with van der Waals surface area (Å²) in [6, 6.07) is 15.6. The van der Waals surface area contributed by atoms with Gasteiger partial charge in [0.25, 0.3) is 5.91 Å². The van der Waals surface area contributed by atoms with Gasteiger partial charge < -0.3 is 15.0 Å². The van der Waals surface area contributed by atoms with Gasteiger partial charge in [-0.3, -0.25) is 9.59 Å². The minimum atomic E-state index is -0.0647. The fourth-order valence-corrected chi connectivity index (χ4v) is 3.52. The summed E-state index contributed by atoms with van der Waals surface area (Å²) in [7, 11) is 0. The molecule has 0 atom stereocenters. The summed E-state index contributed by atoms with van der Waals surface area (Å²) in [6.45, 7) is 7.46. The van der Waals surface area contributed by atoms with Crippen molar-refractivity contribution in [3.05, 3.63) is 59.7 Å². The molecule has 0 bridgehead atoms. The Bertz CT molecular complexity index is 840. The first-order valence-corrected chi connectivity index (χ1v) is 10.3. The molecule has 1 fully saturated rings. The lowest BCUT2D eigenvalue weighted by atomic mass is 9.95. The molecule has 5 nitrogen and oxygen atoms in total. The van der Waals surface area contributed by atoms with Crippen molar-refractivity contribution in [2.24, 2.45) is 5.92 Å². The first-order chi connectivity index (χ1) is 13.9. The van der Waals surface area contributed by atoms with E-state index < -0.39 is 0 Å². The zero-order valence-electron chi connectivity index (χ0n) is 17.5. The number of likely N-dealkylation sites (tertiary alicyclic amines) is 1. The van der Waals surface area contributed by atoms with Crippen LogP contribution in [-0.4, -0.2) is 36.4 Å². The Hall–Kier alpha value is -2.82. The van der Waals surface area contributed by atoms with Gasteiger partial charge in [0.15, 0.2) is 6.61 Å². The lowest BCUT2D eigenvalue weighted by molar-refractivity contribution is -0.136. The van der Waals surface area contributed by atoms with Crippen molar-refractivity contribution in [2.75, 3.05) is 25.0 Å². The van der Waals surface area contributed by atoms with Crippen LogP contribution >= 0.6 is 0 Å². The number of benzene rings is 2. The van der Waals surface area contributed by atoms with Gasteiger partial charge in [-0.2, -0.15) is 0 Å². The second-order valence-corrected chi connectivity index (χ2v) is 7.98. The normalized spacial score (nSPS) is 14.7. The van der Waals surface area contributed by atoms with E-state index in [1.807, 2.05) is 49.4 Å². The molecule has 5 heteroatoms. The van der Waals surface area contributed by atoms with Crippen LogP contribution in [0.2, 0.25) is 0 Å². The molecule has 2 aromatic rings. The van der Waals surface area contributed by atoms with Gasteiger partial charge in [-0.05, 0) is 55.0 Å². The maximum absolute atomic E-state index is 12.6. The average molecular weight is 395 g/mol. The minimum absolute atomic E-state index is 0.0266. The van der Waals surface area contributed by atoms with E-state index in [9.17, 15) is 9.59 Å². The maximum atomic E-state index is 12.6. The monoisotopic (exact) mass is 394 g/mol. The van der Waals surface area contributed by atoms with Crippen molar-refractivity contribution in [3.63, 3.8) is 0 Å². The predicted molar refractivity (Wildman–Crippen MR) is 115 cm³/mol. The summed E-state index contributed by atoms with van der Waals surface area (Å²) in [5, 5.41) is 2.96. The third-order valence-electron chi connectivity index (χ3n) is 5.49. The van der Waals surface area contributed by atoms with Crippen LogP contribution in [0.25, 0.3) is 0 Å². The number of rotatable bonds is 6. The van der Waals surface area contributed by atoms with E-state index in [0.29, 0.717) is 31.8 Å². The SMILES string of the molecule is Cc1ccc(C(C)C)cc1OCC(=O)N1CCC(C(=O)Nc2ccccc2)CC1. The molecule has 0 radical (unpaired) electrons. The van der Waals surface area contributed by atoms with Crippen molar-refractivity contribution in [3.8, 4) is 5.75 Å². The molecule has 2 amide bonds. The van der Waals surface area contributed by atoms with Crippen molar-refractivity contribution in [2.45, 2.75) is 39.5 Å². The fraction of sp³-hybridized carbons (Fsp3) is 0.417. The van der Waals surface area contributed by atoms with Crippen molar-refractivity contribution in [1.82, 2.24) is 4.90 Å². The number of para-hydroxylation sites is 1. The van der Waals surface area contributed by atoms with Crippen molar-refractivity contribution < 1.29 is 14.3 Å². The molecular weight excluding hydrogens is 364 g/mol. The van der Waals surface area contributed by atoms with Crippen LogP contribution in [0, 0.1) is 12.8 Å². The van der Waals surface area contributed by atoms with E-state index in [2.05, 4.69) is 25.2 Å². The second kappa shape index (κ2) is 9.59. The predicted octanol–water partition coefficient (Wildman–Crippen LogP) is 4.37. The van der Waals surface area contributed by atoms with Crippen molar-refractivity contribution >= 4 is 17.5 Å². The van der Waals surface area contributed by atoms with Gasteiger partial charge in [-0.1, -0.05) is 44.2 Å². The van der Waals surface area contributed by atoms with Crippen LogP contribution in [0.4, 0.5) is 5.69 Å². The van der Waals surface area contributed by atoms with E-state index in [0.717, 1.165) is 17.0 Å². The molecule has 1 saturated heterocycles. The highest BCUT2D eigenvalue weighted by molar-refractivity contribution is 5.92. The highest BCUT2D eigenvalue weighted by Gasteiger charge is 2.27. The van der Waals surface area contributed by atoms with E-state index in [1.165, 1.54) is 5.56 Å². The second-order valence-electron chi connectivity index (χ2n) is 7.98. The maximum Gasteiger partial charge on any atom is 0.260 e. The number of nitrogens with one attached hydrogen (secondary N) is 1. The first kappa shape index (κ1) is 20.9. The van der Waals surface area contributed by atoms with Gasteiger partial charge in [0.1, 0.15) is 5.75 Å². The van der Waals surface area contributed by atoms with Crippen LogP contribution in [0.3, 0.4) is 0 Å². The number of carbonyl (C=O) groups is 2. The van der Waals surface area contributed by atoms with Gasteiger partial charge in [0, 0.05) is 24.7 Å². The van der Waals surface area contributed by atoms with Gasteiger partial charge in [0.2, 0.25) is 5.91 Å². The third-order valence-corrected chi connectivity index (χ3v) is 5.49. The standard InChI is InChI=1S/C24H30N2O3/c1-17(2)20-10-9-18(3)22(15-20)29-16-23(27)26-13-11-19(12-14-26)24(28)25-21-7-5-4-6-8-21/h4-10,15,17,19H,11-14,16H2,1-3H3,(H,25,28). The van der Waals surface area contributed by atoms with Crippen molar-refractivity contribution in [1.29, 1.82) is 0 Å². The summed E-state index contributed by atoms with van der Waals surface area (Å²) in [5.41, 5.74) is 3.03. The Kier molecular flexibility index (Phi) is 6.91. The summed E-state index contributed by atoms with van der Waals surface area (Å²) >= 11 is 0. The molecule has 0 unspecified atom stereocenters. The number of aryl methyl sites for hydroxylation is 1. The molecule has 29 heavy (non-hydrogen) atoms. The van der Waals surface area contributed by atoms with Crippen LogP contribution in [0.5, 0.6) is 5.75 Å². The van der Waals surface area contributed by atoms with E-state index in [1.54, 1.807) is 4.90 Å². The molecular formula is C24H30N2O3. The minimum Gasteiger partial charge on any atom is -0.483 e. The number of amides is 2. The number of anilines is 1. The Morgan fingerprint density at radius 2 is 1.79 bits per heavy atom. The number of piperidine rings is 1. The molecule has 1 aliphatic heterocycles. The molecule has 0 aliphatic carbocycles. The quantitative estimate of drug-likeness (QED) is 0.791. The van der Waals surface area contributed by atoms with Gasteiger partial charge in [0.05, 0.1) is 0 Å². The number of nitrogens with zero attached hydrogens (tertiary/aromatic N) is 1.